The predicted octanol–water partition coefficient (Wildman–Crippen LogP) is 1.72. The Morgan fingerprint density at radius 3 is 2.21 bits per heavy atom. The molecule has 1 aliphatic carbocycles. The maximum Gasteiger partial charge on any atom is 0.407 e. The quantitative estimate of drug-likeness (QED) is 0.146. The molecule has 1 saturated carbocycles. The van der Waals surface area contributed by atoms with Crippen molar-refractivity contribution in [2.24, 2.45) is 0 Å². The summed E-state index contributed by atoms with van der Waals surface area (Å²) in [7, 11) is -3.87. The van der Waals surface area contributed by atoms with Gasteiger partial charge in [-0.1, -0.05) is 26.7 Å². The zero-order chi connectivity index (χ0) is 31.3. The van der Waals surface area contributed by atoms with Crippen LogP contribution in [0.4, 0.5) is 13.6 Å². The van der Waals surface area contributed by atoms with Crippen molar-refractivity contribution in [1.29, 1.82) is 0 Å². The lowest BCUT2D eigenvalue weighted by atomic mass is 10.00. The number of alkyl carbamates (subject to hydrolysis) is 1. The molecule has 1 fully saturated rings. The molecule has 0 unspecified atom stereocenters. The van der Waals surface area contributed by atoms with Gasteiger partial charge in [-0.15, -0.1) is 0 Å². The van der Waals surface area contributed by atoms with Crippen LogP contribution in [-0.4, -0.2) is 86.4 Å². The maximum absolute atomic E-state index is 13.9. The molecule has 0 saturated heterocycles. The summed E-state index contributed by atoms with van der Waals surface area (Å²) in [6.45, 7) is 4.86. The van der Waals surface area contributed by atoms with E-state index in [-0.39, 0.29) is 43.6 Å². The number of carbonyl (C=O) groups excluding carboxylic acids is 3. The highest BCUT2D eigenvalue weighted by Crippen LogP contribution is 2.20. The van der Waals surface area contributed by atoms with Gasteiger partial charge in [0.25, 0.3) is 0 Å². The summed E-state index contributed by atoms with van der Waals surface area (Å²) in [4.78, 5) is 37.1. The van der Waals surface area contributed by atoms with Crippen molar-refractivity contribution in [3.05, 3.63) is 35.4 Å². The van der Waals surface area contributed by atoms with Gasteiger partial charge in [-0.3, -0.25) is 9.59 Å². The van der Waals surface area contributed by atoms with Crippen molar-refractivity contribution in [2.75, 3.05) is 25.4 Å². The van der Waals surface area contributed by atoms with Gasteiger partial charge in [0.15, 0.2) is 9.84 Å². The first-order valence-corrected chi connectivity index (χ1v) is 16.1. The number of hydrogen-bond donors (Lipinski definition) is 5. The molecule has 238 valence electrons. The normalized spacial score (nSPS) is 15.5. The molecule has 0 heterocycles. The molecule has 0 aromatic heterocycles. The smallest absolute Gasteiger partial charge is 0.407 e. The molecule has 0 spiro atoms. The standard InChI is InChI=1S/C28H44F2N4O7S/c1-4-6-23(7-5-2)42(39,40)17-25(34-28(38)41-11-10-31-18(3)35)27(37)33-24(26(36)16-32-22-8-9-22)14-19-12-20(29)15-21(30)13-19/h12-13,15,22-26,32,36H,4-11,14,16-17H2,1-3H3,(H,31,35)(H,33,37)(H,34,38)/t24-,25+,26+/m0/s1. The molecule has 1 aliphatic rings. The Kier molecular flexibility index (Phi) is 14.6. The van der Waals surface area contributed by atoms with Gasteiger partial charge in [0.1, 0.15) is 24.3 Å². The third-order valence-electron chi connectivity index (χ3n) is 6.81. The van der Waals surface area contributed by atoms with Crippen LogP contribution in [0.5, 0.6) is 0 Å². The lowest BCUT2D eigenvalue weighted by Gasteiger charge is -2.28. The predicted molar refractivity (Wildman–Crippen MR) is 153 cm³/mol. The van der Waals surface area contributed by atoms with Crippen molar-refractivity contribution in [3.63, 3.8) is 0 Å². The van der Waals surface area contributed by atoms with Gasteiger partial charge in [-0.2, -0.15) is 0 Å². The zero-order valence-electron chi connectivity index (χ0n) is 24.5. The summed E-state index contributed by atoms with van der Waals surface area (Å²) in [6.07, 6.45) is 1.40. The third-order valence-corrected chi connectivity index (χ3v) is 9.09. The SMILES string of the molecule is CCCC(CCC)S(=O)(=O)C[C@@H](NC(=O)OCCNC(C)=O)C(=O)N[C@@H](Cc1cc(F)cc(F)c1)[C@H](O)CNC1CC1. The van der Waals surface area contributed by atoms with Gasteiger partial charge in [0, 0.05) is 25.6 Å². The molecule has 5 N–H and O–H groups in total. The van der Waals surface area contributed by atoms with Crippen LogP contribution in [0.3, 0.4) is 0 Å². The van der Waals surface area contributed by atoms with Crippen LogP contribution in [0, 0.1) is 11.6 Å². The number of carbonyl (C=O) groups is 3. The summed E-state index contributed by atoms with van der Waals surface area (Å²) in [5.74, 6) is -3.62. The van der Waals surface area contributed by atoms with Crippen LogP contribution < -0.4 is 21.3 Å². The lowest BCUT2D eigenvalue weighted by molar-refractivity contribution is -0.124. The van der Waals surface area contributed by atoms with E-state index in [1.807, 2.05) is 13.8 Å². The van der Waals surface area contributed by atoms with Gasteiger partial charge in [-0.05, 0) is 49.8 Å². The minimum absolute atomic E-state index is 0.0133. The minimum atomic E-state index is -3.87. The first-order valence-electron chi connectivity index (χ1n) is 14.4. The van der Waals surface area contributed by atoms with E-state index >= 15 is 0 Å². The monoisotopic (exact) mass is 618 g/mol. The number of aliphatic hydroxyl groups is 1. The number of rotatable bonds is 19. The van der Waals surface area contributed by atoms with Gasteiger partial charge in [-0.25, -0.2) is 22.0 Å². The molecule has 42 heavy (non-hydrogen) atoms. The minimum Gasteiger partial charge on any atom is -0.448 e. The number of amides is 3. The molecule has 14 heteroatoms. The van der Waals surface area contributed by atoms with E-state index in [1.165, 1.54) is 6.92 Å². The molecule has 2 rings (SSSR count). The summed E-state index contributed by atoms with van der Waals surface area (Å²) in [5, 5.41) is 20.7. The van der Waals surface area contributed by atoms with E-state index in [2.05, 4.69) is 21.3 Å². The highest BCUT2D eigenvalue weighted by atomic mass is 32.2. The second-order valence-corrected chi connectivity index (χ2v) is 13.0. The summed E-state index contributed by atoms with van der Waals surface area (Å²) in [6, 6.07) is 0.424. The molecular formula is C28H44F2N4O7S. The van der Waals surface area contributed by atoms with Crippen molar-refractivity contribution in [3.8, 4) is 0 Å². The number of sulfone groups is 1. The van der Waals surface area contributed by atoms with Crippen LogP contribution in [-0.2, 0) is 30.6 Å². The number of aliphatic hydroxyl groups excluding tert-OH is 1. The van der Waals surface area contributed by atoms with E-state index in [4.69, 9.17) is 4.74 Å². The molecular weight excluding hydrogens is 574 g/mol. The second kappa shape index (κ2) is 17.3. The zero-order valence-corrected chi connectivity index (χ0v) is 25.3. The summed E-state index contributed by atoms with van der Waals surface area (Å²) < 4.78 is 59.5. The van der Waals surface area contributed by atoms with Gasteiger partial charge in [0.2, 0.25) is 11.8 Å². The second-order valence-electron chi connectivity index (χ2n) is 10.7. The summed E-state index contributed by atoms with van der Waals surface area (Å²) >= 11 is 0. The van der Waals surface area contributed by atoms with E-state index in [1.54, 1.807) is 0 Å². The Labute approximate surface area is 246 Å². The summed E-state index contributed by atoms with van der Waals surface area (Å²) in [5.41, 5.74) is 0.170. The lowest BCUT2D eigenvalue weighted by Crippen LogP contribution is -2.57. The van der Waals surface area contributed by atoms with Crippen LogP contribution >= 0.6 is 0 Å². The number of ether oxygens (including phenoxy) is 1. The number of nitrogens with one attached hydrogen (secondary N) is 4. The Balaban J connectivity index is 2.27. The van der Waals surface area contributed by atoms with Gasteiger partial charge in [0.05, 0.1) is 29.7 Å². The average molecular weight is 619 g/mol. The Morgan fingerprint density at radius 2 is 1.67 bits per heavy atom. The molecule has 0 bridgehead atoms. The van der Waals surface area contributed by atoms with Crippen LogP contribution in [0.25, 0.3) is 0 Å². The van der Waals surface area contributed by atoms with E-state index in [0.29, 0.717) is 31.7 Å². The number of halogens is 2. The third kappa shape index (κ3) is 13.0. The number of hydrogen-bond acceptors (Lipinski definition) is 8. The van der Waals surface area contributed by atoms with Crippen molar-refractivity contribution in [2.45, 2.75) is 95.2 Å². The Bertz CT molecular complexity index is 1120. The van der Waals surface area contributed by atoms with E-state index in [9.17, 15) is 36.7 Å². The highest BCUT2D eigenvalue weighted by molar-refractivity contribution is 7.92. The Hall–Kier alpha value is -2.84. The molecule has 11 nitrogen and oxygen atoms in total. The first-order chi connectivity index (χ1) is 19.8. The molecule has 0 radical (unpaired) electrons. The van der Waals surface area contributed by atoms with Crippen LogP contribution in [0.2, 0.25) is 0 Å². The van der Waals surface area contributed by atoms with Crippen molar-refractivity contribution in [1.82, 2.24) is 21.3 Å². The fourth-order valence-corrected chi connectivity index (χ4v) is 6.68. The topological polar surface area (TPSA) is 163 Å². The molecule has 3 amide bonds. The molecule has 0 aliphatic heterocycles. The molecule has 3 atom stereocenters. The molecule has 1 aromatic carbocycles. The van der Waals surface area contributed by atoms with Crippen LogP contribution in [0.15, 0.2) is 18.2 Å². The van der Waals surface area contributed by atoms with Crippen molar-refractivity contribution < 1.29 is 41.4 Å². The first kappa shape index (κ1) is 35.4. The van der Waals surface area contributed by atoms with Crippen molar-refractivity contribution >= 4 is 27.7 Å². The average Bonchev–Trinajstić information content (AvgIpc) is 3.72. The fraction of sp³-hybridized carbons (Fsp3) is 0.679. The van der Waals surface area contributed by atoms with Gasteiger partial charge < -0.3 is 31.1 Å². The number of benzene rings is 1. The van der Waals surface area contributed by atoms with Gasteiger partial charge >= 0.3 is 6.09 Å². The maximum atomic E-state index is 13.9. The van der Waals surface area contributed by atoms with Crippen LogP contribution in [0.1, 0.15) is 64.9 Å². The van der Waals surface area contributed by atoms with E-state index in [0.717, 1.165) is 25.0 Å². The largest absolute Gasteiger partial charge is 0.448 e. The molecule has 1 aromatic rings. The highest BCUT2D eigenvalue weighted by Gasteiger charge is 2.35. The fourth-order valence-electron chi connectivity index (χ4n) is 4.52. The Morgan fingerprint density at radius 1 is 1.05 bits per heavy atom. The van der Waals surface area contributed by atoms with E-state index < -0.39 is 62.7 Å².